The zero-order valence-corrected chi connectivity index (χ0v) is 14.9. The van der Waals surface area contributed by atoms with E-state index in [0.29, 0.717) is 47.5 Å². The van der Waals surface area contributed by atoms with Crippen molar-refractivity contribution in [1.29, 1.82) is 5.26 Å². The van der Waals surface area contributed by atoms with Crippen LogP contribution >= 0.6 is 0 Å². The molecule has 2 aromatic rings. The number of carbonyl (C=O) groups is 1. The molecular weight excluding hydrogens is 348 g/mol. The second-order valence-electron chi connectivity index (χ2n) is 5.60. The number of hydrogen-bond donors (Lipinski definition) is 1. The second kappa shape index (κ2) is 8.15. The third kappa shape index (κ3) is 4.12. The van der Waals surface area contributed by atoms with Gasteiger partial charge in [-0.15, -0.1) is 0 Å². The van der Waals surface area contributed by atoms with Crippen molar-refractivity contribution in [3.05, 3.63) is 47.5 Å². The average molecular weight is 366 g/mol. The zero-order chi connectivity index (χ0) is 19.2. The molecule has 0 radical (unpaired) electrons. The van der Waals surface area contributed by atoms with Gasteiger partial charge in [-0.3, -0.25) is 4.79 Å². The number of anilines is 1. The molecule has 1 N–H and O–H groups in total. The lowest BCUT2D eigenvalue weighted by Gasteiger charge is -2.18. The molecule has 0 bridgehead atoms. The summed E-state index contributed by atoms with van der Waals surface area (Å²) >= 11 is 0. The Bertz CT molecular complexity index is 930. The highest BCUT2D eigenvalue weighted by Gasteiger charge is 2.15. The third-order valence-electron chi connectivity index (χ3n) is 3.88. The maximum absolute atomic E-state index is 12.5. The number of nitrogens with one attached hydrogen (secondary N) is 1. The topological polar surface area (TPSA) is 89.8 Å². The van der Waals surface area contributed by atoms with Crippen LogP contribution in [-0.2, 0) is 4.79 Å². The van der Waals surface area contributed by atoms with Gasteiger partial charge in [0, 0.05) is 11.8 Å². The van der Waals surface area contributed by atoms with Gasteiger partial charge in [0.15, 0.2) is 23.0 Å². The Morgan fingerprint density at radius 1 is 1.07 bits per heavy atom. The minimum Gasteiger partial charge on any atom is -0.493 e. The molecule has 138 valence electrons. The summed E-state index contributed by atoms with van der Waals surface area (Å²) in [6, 6.07) is 12.1. The van der Waals surface area contributed by atoms with Crippen molar-refractivity contribution in [2.45, 2.75) is 0 Å². The molecule has 1 heterocycles. The molecule has 2 aromatic carbocycles. The fraction of sp³-hybridized carbons (Fsp3) is 0.200. The lowest BCUT2D eigenvalue weighted by atomic mass is 10.1. The van der Waals surface area contributed by atoms with E-state index in [1.165, 1.54) is 20.3 Å². The molecule has 27 heavy (non-hydrogen) atoms. The summed E-state index contributed by atoms with van der Waals surface area (Å²) in [4.78, 5) is 12.5. The second-order valence-corrected chi connectivity index (χ2v) is 5.60. The highest BCUT2D eigenvalue weighted by molar-refractivity contribution is 6.09. The number of nitrogens with zero attached hydrogens (tertiary/aromatic N) is 1. The van der Waals surface area contributed by atoms with Gasteiger partial charge in [-0.05, 0) is 35.9 Å². The summed E-state index contributed by atoms with van der Waals surface area (Å²) in [6.45, 7) is 0.943. The minimum atomic E-state index is -0.524. The number of nitriles is 1. The highest BCUT2D eigenvalue weighted by atomic mass is 16.6. The van der Waals surface area contributed by atoms with E-state index in [1.807, 2.05) is 6.07 Å². The quantitative estimate of drug-likeness (QED) is 0.646. The summed E-state index contributed by atoms with van der Waals surface area (Å²) in [5, 5.41) is 12.1. The summed E-state index contributed by atoms with van der Waals surface area (Å²) in [7, 11) is 3.06. The summed E-state index contributed by atoms with van der Waals surface area (Å²) in [6.07, 6.45) is 1.48. The fourth-order valence-corrected chi connectivity index (χ4v) is 2.58. The first-order chi connectivity index (χ1) is 13.1. The van der Waals surface area contributed by atoms with Gasteiger partial charge in [0.05, 0.1) is 14.2 Å². The van der Waals surface area contributed by atoms with E-state index in [1.54, 1.807) is 36.4 Å². The average Bonchev–Trinajstić information content (AvgIpc) is 2.71. The van der Waals surface area contributed by atoms with Crippen LogP contribution in [0.1, 0.15) is 5.56 Å². The molecule has 0 saturated carbocycles. The van der Waals surface area contributed by atoms with Gasteiger partial charge in [0.2, 0.25) is 0 Å². The van der Waals surface area contributed by atoms with Crippen molar-refractivity contribution in [1.82, 2.24) is 0 Å². The molecule has 1 aliphatic rings. The Kier molecular flexibility index (Phi) is 5.47. The number of fused-ring (bicyclic) bond motifs is 1. The highest BCUT2D eigenvalue weighted by Crippen LogP contribution is 2.33. The van der Waals surface area contributed by atoms with Crippen LogP contribution in [0.15, 0.2) is 42.0 Å². The van der Waals surface area contributed by atoms with Crippen LogP contribution in [0.5, 0.6) is 23.0 Å². The summed E-state index contributed by atoms with van der Waals surface area (Å²) in [5.41, 5.74) is 1.11. The fourth-order valence-electron chi connectivity index (χ4n) is 2.58. The van der Waals surface area contributed by atoms with E-state index in [2.05, 4.69) is 5.32 Å². The van der Waals surface area contributed by atoms with Gasteiger partial charge < -0.3 is 24.3 Å². The Hall–Kier alpha value is -3.66. The molecule has 3 rings (SSSR count). The number of rotatable bonds is 5. The van der Waals surface area contributed by atoms with E-state index < -0.39 is 5.91 Å². The van der Waals surface area contributed by atoms with Crippen molar-refractivity contribution in [3.8, 4) is 29.1 Å². The monoisotopic (exact) mass is 366 g/mol. The molecule has 0 saturated heterocycles. The predicted octanol–water partition coefficient (Wildman–Crippen LogP) is 3.02. The largest absolute Gasteiger partial charge is 0.493 e. The zero-order valence-electron chi connectivity index (χ0n) is 14.9. The Balaban J connectivity index is 1.80. The van der Waals surface area contributed by atoms with Gasteiger partial charge in [-0.1, -0.05) is 6.07 Å². The van der Waals surface area contributed by atoms with Crippen LogP contribution in [0.3, 0.4) is 0 Å². The van der Waals surface area contributed by atoms with Crippen LogP contribution in [-0.4, -0.2) is 33.3 Å². The number of ether oxygens (including phenoxy) is 4. The van der Waals surface area contributed by atoms with Crippen LogP contribution in [0, 0.1) is 11.3 Å². The Morgan fingerprint density at radius 2 is 1.81 bits per heavy atom. The Labute approximate surface area is 156 Å². The van der Waals surface area contributed by atoms with Crippen LogP contribution in [0.4, 0.5) is 5.69 Å². The molecule has 0 spiro atoms. The smallest absolute Gasteiger partial charge is 0.266 e. The number of benzene rings is 2. The van der Waals surface area contributed by atoms with Crippen LogP contribution < -0.4 is 24.3 Å². The van der Waals surface area contributed by atoms with Gasteiger partial charge in [0.25, 0.3) is 5.91 Å². The van der Waals surface area contributed by atoms with Crippen molar-refractivity contribution in [2.24, 2.45) is 0 Å². The SMILES string of the molecule is COc1ccc(/C=C(\C#N)C(=O)Nc2ccc3c(c2)OCCO3)cc1OC. The Morgan fingerprint density at radius 3 is 2.52 bits per heavy atom. The maximum atomic E-state index is 12.5. The molecule has 0 unspecified atom stereocenters. The number of carbonyl (C=O) groups excluding carboxylic acids is 1. The van der Waals surface area contributed by atoms with Gasteiger partial charge in [-0.25, -0.2) is 0 Å². The summed E-state index contributed by atoms with van der Waals surface area (Å²) in [5.74, 6) is 1.73. The first-order valence-corrected chi connectivity index (χ1v) is 8.19. The summed E-state index contributed by atoms with van der Waals surface area (Å²) < 4.78 is 21.4. The first-order valence-electron chi connectivity index (χ1n) is 8.19. The number of hydrogen-bond acceptors (Lipinski definition) is 6. The molecule has 0 atom stereocenters. The lowest BCUT2D eigenvalue weighted by Crippen LogP contribution is -2.17. The van der Waals surface area contributed by atoms with E-state index in [9.17, 15) is 10.1 Å². The van der Waals surface area contributed by atoms with Crippen LogP contribution in [0.25, 0.3) is 6.08 Å². The first kappa shape index (κ1) is 18.1. The lowest BCUT2D eigenvalue weighted by molar-refractivity contribution is -0.112. The molecule has 0 aromatic heterocycles. The third-order valence-corrected chi connectivity index (χ3v) is 3.88. The van der Waals surface area contributed by atoms with Crippen molar-refractivity contribution < 1.29 is 23.7 Å². The van der Waals surface area contributed by atoms with E-state index in [-0.39, 0.29) is 5.57 Å². The van der Waals surface area contributed by atoms with Crippen LogP contribution in [0.2, 0.25) is 0 Å². The van der Waals surface area contributed by atoms with E-state index >= 15 is 0 Å². The predicted molar refractivity (Wildman–Crippen MR) is 99.2 cm³/mol. The van der Waals surface area contributed by atoms with E-state index in [0.717, 1.165) is 0 Å². The number of methoxy groups -OCH3 is 2. The maximum Gasteiger partial charge on any atom is 0.266 e. The van der Waals surface area contributed by atoms with Crippen molar-refractivity contribution >= 4 is 17.7 Å². The molecule has 1 amide bonds. The standard InChI is InChI=1S/C20H18N2O5/c1-24-16-5-3-13(10-18(16)25-2)9-14(12-21)20(23)22-15-4-6-17-19(11-15)27-8-7-26-17/h3-6,9-11H,7-8H2,1-2H3,(H,22,23)/b14-9+. The molecule has 7 nitrogen and oxygen atoms in total. The minimum absolute atomic E-state index is 0.0443. The van der Waals surface area contributed by atoms with Crippen molar-refractivity contribution in [2.75, 3.05) is 32.8 Å². The molecule has 0 fully saturated rings. The van der Waals surface area contributed by atoms with Gasteiger partial charge >= 0.3 is 0 Å². The molecule has 0 aliphatic carbocycles. The van der Waals surface area contributed by atoms with E-state index in [4.69, 9.17) is 18.9 Å². The molecule has 7 heteroatoms. The van der Waals surface area contributed by atoms with Gasteiger partial charge in [-0.2, -0.15) is 5.26 Å². The molecular formula is C20H18N2O5. The molecule has 1 aliphatic heterocycles. The van der Waals surface area contributed by atoms with Crippen molar-refractivity contribution in [3.63, 3.8) is 0 Å². The normalized spacial score (nSPS) is 12.7. The van der Waals surface area contributed by atoms with Gasteiger partial charge in [0.1, 0.15) is 24.9 Å². The number of amides is 1.